The summed E-state index contributed by atoms with van der Waals surface area (Å²) < 4.78 is 20.7. The predicted molar refractivity (Wildman–Crippen MR) is 84.7 cm³/mol. The second kappa shape index (κ2) is 9.30. The average molecular weight is 285 g/mol. The zero-order valence-electron chi connectivity index (χ0n) is 12.9. The van der Waals surface area contributed by atoms with E-state index in [-0.39, 0.29) is 12.1 Å². The van der Waals surface area contributed by atoms with Gasteiger partial charge in [-0.25, -0.2) is 4.67 Å². The Morgan fingerprint density at radius 3 is 2.21 bits per heavy atom. The van der Waals surface area contributed by atoms with Crippen LogP contribution in [0.25, 0.3) is 0 Å². The fourth-order valence-corrected chi connectivity index (χ4v) is 4.56. The van der Waals surface area contributed by atoms with Gasteiger partial charge < -0.3 is 4.52 Å². The van der Waals surface area contributed by atoms with Crippen molar-refractivity contribution < 1.29 is 9.09 Å². The molecular formula is C15H28NO2P. The van der Waals surface area contributed by atoms with Gasteiger partial charge in [-0.15, -0.1) is 6.58 Å². The van der Waals surface area contributed by atoms with Crippen molar-refractivity contribution in [3.05, 3.63) is 37.0 Å². The zero-order valence-corrected chi connectivity index (χ0v) is 13.8. The Balaban J connectivity index is 4.91. The highest BCUT2D eigenvalue weighted by Gasteiger charge is 2.34. The highest BCUT2D eigenvalue weighted by Crippen LogP contribution is 2.53. The summed E-state index contributed by atoms with van der Waals surface area (Å²) in [4.78, 5) is 0. The third-order valence-corrected chi connectivity index (χ3v) is 5.48. The van der Waals surface area contributed by atoms with E-state index in [2.05, 4.69) is 6.58 Å². The summed E-state index contributed by atoms with van der Waals surface area (Å²) in [6.45, 7) is 14.1. The van der Waals surface area contributed by atoms with E-state index in [1.54, 1.807) is 6.08 Å². The summed E-state index contributed by atoms with van der Waals surface area (Å²) in [7, 11) is -2.85. The molecule has 1 atom stereocenters. The Hall–Kier alpha value is -0.630. The maximum atomic E-state index is 13.0. The molecule has 19 heavy (non-hydrogen) atoms. The van der Waals surface area contributed by atoms with Crippen molar-refractivity contribution in [3.8, 4) is 0 Å². The smallest absolute Gasteiger partial charge is 0.276 e. The van der Waals surface area contributed by atoms with Crippen LogP contribution in [-0.4, -0.2) is 29.5 Å². The van der Waals surface area contributed by atoms with Crippen LogP contribution in [0.15, 0.2) is 37.0 Å². The monoisotopic (exact) mass is 285 g/mol. The molecule has 0 aliphatic heterocycles. The van der Waals surface area contributed by atoms with Gasteiger partial charge in [-0.2, -0.15) is 0 Å². The normalized spacial score (nSPS) is 16.0. The number of hydrogen-bond donors (Lipinski definition) is 0. The van der Waals surface area contributed by atoms with Crippen molar-refractivity contribution in [2.24, 2.45) is 0 Å². The molecule has 4 heteroatoms. The van der Waals surface area contributed by atoms with Gasteiger partial charge in [0.25, 0.3) is 7.52 Å². The third-order valence-electron chi connectivity index (χ3n) is 2.58. The van der Waals surface area contributed by atoms with Crippen LogP contribution in [-0.2, 0) is 9.09 Å². The van der Waals surface area contributed by atoms with Gasteiger partial charge in [0.15, 0.2) is 0 Å². The molecule has 3 nitrogen and oxygen atoms in total. The number of allylic oxidation sites excluding steroid dienone is 4. The molecule has 0 bridgehead atoms. The van der Waals surface area contributed by atoms with Gasteiger partial charge in [0.2, 0.25) is 0 Å². The Morgan fingerprint density at radius 2 is 1.79 bits per heavy atom. The van der Waals surface area contributed by atoms with Crippen molar-refractivity contribution in [2.75, 3.05) is 12.8 Å². The molecule has 1 unspecified atom stereocenters. The Labute approximate surface area is 118 Å². The number of hydrogen-bond acceptors (Lipinski definition) is 2. The van der Waals surface area contributed by atoms with E-state index in [1.165, 1.54) is 0 Å². The molecule has 0 aromatic rings. The second-order valence-corrected chi connectivity index (χ2v) is 7.29. The molecule has 110 valence electrons. The van der Waals surface area contributed by atoms with E-state index in [0.717, 1.165) is 0 Å². The lowest BCUT2D eigenvalue weighted by molar-refractivity contribution is 0.231. The topological polar surface area (TPSA) is 29.5 Å². The van der Waals surface area contributed by atoms with Crippen molar-refractivity contribution in [3.63, 3.8) is 0 Å². The lowest BCUT2D eigenvalue weighted by Crippen LogP contribution is -2.35. The van der Waals surface area contributed by atoms with Crippen molar-refractivity contribution in [2.45, 2.75) is 46.7 Å². The van der Waals surface area contributed by atoms with Gasteiger partial charge in [0.1, 0.15) is 0 Å². The SMILES string of the molecule is C=CCP(=O)(OC/C=C/C=C/C)N(C(C)C)C(C)C. The minimum Gasteiger partial charge on any atom is -0.313 e. The Kier molecular flexibility index (Phi) is 8.99. The molecule has 0 heterocycles. The molecule has 0 rings (SSSR count). The van der Waals surface area contributed by atoms with Gasteiger partial charge in [-0.3, -0.25) is 4.57 Å². The molecule has 0 aliphatic carbocycles. The minimum atomic E-state index is -2.85. The maximum Gasteiger partial charge on any atom is 0.276 e. The predicted octanol–water partition coefficient (Wildman–Crippen LogP) is 4.63. The van der Waals surface area contributed by atoms with Crippen molar-refractivity contribution in [1.82, 2.24) is 4.67 Å². The Bertz CT molecular complexity index is 351. The summed E-state index contributed by atoms with van der Waals surface area (Å²) >= 11 is 0. The molecule has 0 saturated carbocycles. The van der Waals surface area contributed by atoms with Crippen LogP contribution in [0.2, 0.25) is 0 Å². The molecule has 0 aromatic carbocycles. The molecule has 0 aliphatic rings. The van der Waals surface area contributed by atoms with Crippen LogP contribution in [0.5, 0.6) is 0 Å². The summed E-state index contributed by atoms with van der Waals surface area (Å²) in [5, 5.41) is 0. The first-order chi connectivity index (χ1) is 8.89. The first-order valence-electron chi connectivity index (χ1n) is 6.80. The van der Waals surface area contributed by atoms with Gasteiger partial charge in [0.05, 0.1) is 12.8 Å². The van der Waals surface area contributed by atoms with Crippen LogP contribution in [0, 0.1) is 0 Å². The molecule has 0 spiro atoms. The molecule has 0 saturated heterocycles. The number of nitrogens with zero attached hydrogens (tertiary/aromatic N) is 1. The van der Waals surface area contributed by atoms with E-state index < -0.39 is 7.52 Å². The largest absolute Gasteiger partial charge is 0.313 e. The fourth-order valence-electron chi connectivity index (χ4n) is 2.08. The van der Waals surface area contributed by atoms with Crippen LogP contribution >= 0.6 is 7.52 Å². The summed E-state index contributed by atoms with van der Waals surface area (Å²) in [5.41, 5.74) is 0. The molecule has 0 amide bonds. The molecular weight excluding hydrogens is 257 g/mol. The van der Waals surface area contributed by atoms with E-state index in [0.29, 0.717) is 12.8 Å². The summed E-state index contributed by atoms with van der Waals surface area (Å²) in [6.07, 6.45) is 9.68. The molecule has 0 N–H and O–H groups in total. The zero-order chi connectivity index (χ0) is 14.9. The molecule has 0 fully saturated rings. The summed E-state index contributed by atoms with van der Waals surface area (Å²) in [5.74, 6) is 0. The molecule has 0 aromatic heterocycles. The van der Waals surface area contributed by atoms with Crippen LogP contribution in [0.1, 0.15) is 34.6 Å². The van der Waals surface area contributed by atoms with Gasteiger partial charge in [-0.1, -0.05) is 30.4 Å². The minimum absolute atomic E-state index is 0.172. The van der Waals surface area contributed by atoms with Crippen molar-refractivity contribution in [1.29, 1.82) is 0 Å². The van der Waals surface area contributed by atoms with Crippen LogP contribution in [0.4, 0.5) is 0 Å². The third kappa shape index (κ3) is 6.38. The number of rotatable bonds is 9. The standard InChI is InChI=1S/C15H28NO2P/c1-7-9-10-11-12-18-19(17,13-8-2)16(14(3)4)15(5)6/h7-11,14-15H,2,12-13H2,1,3-6H3/b9-7+,11-10+. The highest BCUT2D eigenvalue weighted by atomic mass is 31.2. The first kappa shape index (κ1) is 18.4. The highest BCUT2D eigenvalue weighted by molar-refractivity contribution is 7.56. The van der Waals surface area contributed by atoms with E-state index in [9.17, 15) is 4.57 Å². The Morgan fingerprint density at radius 1 is 1.21 bits per heavy atom. The lowest BCUT2D eigenvalue weighted by atomic mass is 10.3. The van der Waals surface area contributed by atoms with E-state index in [1.807, 2.05) is 63.6 Å². The van der Waals surface area contributed by atoms with Crippen LogP contribution < -0.4 is 0 Å². The van der Waals surface area contributed by atoms with Crippen molar-refractivity contribution >= 4 is 7.52 Å². The molecule has 0 radical (unpaired) electrons. The average Bonchev–Trinajstić information content (AvgIpc) is 2.27. The quantitative estimate of drug-likeness (QED) is 0.351. The van der Waals surface area contributed by atoms with Gasteiger partial charge in [0, 0.05) is 12.1 Å². The first-order valence-corrected chi connectivity index (χ1v) is 8.56. The van der Waals surface area contributed by atoms with E-state index in [4.69, 9.17) is 4.52 Å². The second-order valence-electron chi connectivity index (χ2n) is 4.93. The lowest BCUT2D eigenvalue weighted by Gasteiger charge is -2.36. The van der Waals surface area contributed by atoms with Gasteiger partial charge >= 0.3 is 0 Å². The van der Waals surface area contributed by atoms with Crippen LogP contribution in [0.3, 0.4) is 0 Å². The fraction of sp³-hybridized carbons (Fsp3) is 0.600. The van der Waals surface area contributed by atoms with Gasteiger partial charge in [-0.05, 0) is 34.6 Å². The summed E-state index contributed by atoms with van der Waals surface area (Å²) in [6, 6.07) is 0.343. The van der Waals surface area contributed by atoms with E-state index >= 15 is 0 Å². The maximum absolute atomic E-state index is 13.0.